The maximum Gasteiger partial charge on any atom is 0.238 e. The lowest BCUT2D eigenvalue weighted by Crippen LogP contribution is -2.27. The van der Waals surface area contributed by atoms with Crippen LogP contribution < -0.4 is 10.5 Å². The van der Waals surface area contributed by atoms with Crippen molar-refractivity contribution in [1.82, 2.24) is 5.32 Å². The topological polar surface area (TPSA) is 72.2 Å². The molecular weight excluding hydrogens is 224 g/mol. The summed E-state index contributed by atoms with van der Waals surface area (Å²) in [7, 11) is -3.57. The molecule has 0 spiro atoms. The molecule has 0 aliphatic rings. The number of sulfonamides is 1. The molecular formula is C11H18N2O2S. The Bertz CT molecular complexity index is 426. The molecule has 0 bridgehead atoms. The molecule has 90 valence electrons. The van der Waals surface area contributed by atoms with E-state index in [-0.39, 0.29) is 4.90 Å². The lowest BCUT2D eigenvalue weighted by atomic mass is 10.1. The first-order chi connectivity index (χ1) is 7.43. The summed E-state index contributed by atoms with van der Waals surface area (Å²) in [6.07, 6.45) is 0.874. The van der Waals surface area contributed by atoms with Crippen molar-refractivity contribution in [3.05, 3.63) is 29.8 Å². The summed E-state index contributed by atoms with van der Waals surface area (Å²) in [6, 6.07) is 7.07. The number of hydrogen-bond acceptors (Lipinski definition) is 3. The Hall–Kier alpha value is -0.910. The zero-order valence-corrected chi connectivity index (χ0v) is 10.4. The smallest absolute Gasteiger partial charge is 0.238 e. The largest absolute Gasteiger partial charge is 0.314 e. The van der Waals surface area contributed by atoms with Crippen LogP contribution in [0.1, 0.15) is 19.4 Å². The number of likely N-dealkylation sites (N-methyl/N-ethyl adjacent to an activating group) is 1. The van der Waals surface area contributed by atoms with Gasteiger partial charge >= 0.3 is 0 Å². The highest BCUT2D eigenvalue weighted by Gasteiger charge is 2.07. The van der Waals surface area contributed by atoms with Gasteiger partial charge < -0.3 is 5.32 Å². The zero-order valence-electron chi connectivity index (χ0n) is 9.60. The average Bonchev–Trinajstić information content (AvgIpc) is 2.17. The standard InChI is InChI=1S/C11H18N2O2S/c1-3-13-9(2)8-10-4-6-11(7-5-10)16(12,14)15/h4-7,9,13H,3,8H2,1-2H3,(H2,12,14,15). The van der Waals surface area contributed by atoms with E-state index < -0.39 is 10.0 Å². The molecule has 1 rings (SSSR count). The summed E-state index contributed by atoms with van der Waals surface area (Å²) in [5.41, 5.74) is 1.10. The SMILES string of the molecule is CCNC(C)Cc1ccc(S(N)(=O)=O)cc1. The van der Waals surface area contributed by atoms with Crippen molar-refractivity contribution in [2.75, 3.05) is 6.54 Å². The minimum absolute atomic E-state index is 0.160. The molecule has 0 saturated carbocycles. The van der Waals surface area contributed by atoms with Crippen LogP contribution in [-0.2, 0) is 16.4 Å². The summed E-state index contributed by atoms with van der Waals surface area (Å²) < 4.78 is 22.1. The fourth-order valence-corrected chi connectivity index (χ4v) is 2.10. The van der Waals surface area contributed by atoms with E-state index in [0.717, 1.165) is 18.5 Å². The van der Waals surface area contributed by atoms with Gasteiger partial charge in [0.2, 0.25) is 10.0 Å². The van der Waals surface area contributed by atoms with Crippen LogP contribution in [0.15, 0.2) is 29.2 Å². The zero-order chi connectivity index (χ0) is 12.2. The lowest BCUT2D eigenvalue weighted by Gasteiger charge is -2.12. The van der Waals surface area contributed by atoms with Gasteiger partial charge in [-0.15, -0.1) is 0 Å². The number of primary sulfonamides is 1. The van der Waals surface area contributed by atoms with Crippen molar-refractivity contribution in [3.63, 3.8) is 0 Å². The summed E-state index contributed by atoms with van der Waals surface area (Å²) >= 11 is 0. The third-order valence-corrected chi connectivity index (χ3v) is 3.28. The fourth-order valence-electron chi connectivity index (χ4n) is 1.59. The van der Waals surface area contributed by atoms with Gasteiger partial charge in [-0.25, -0.2) is 13.6 Å². The second kappa shape index (κ2) is 5.43. The van der Waals surface area contributed by atoms with Crippen LogP contribution in [0.4, 0.5) is 0 Å². The van der Waals surface area contributed by atoms with Gasteiger partial charge in [-0.3, -0.25) is 0 Å². The molecule has 0 aliphatic carbocycles. The van der Waals surface area contributed by atoms with Gasteiger partial charge in [0, 0.05) is 6.04 Å². The molecule has 0 aliphatic heterocycles. The van der Waals surface area contributed by atoms with Crippen LogP contribution in [0.5, 0.6) is 0 Å². The summed E-state index contributed by atoms with van der Waals surface area (Å²) in [5, 5.41) is 8.31. The van der Waals surface area contributed by atoms with Gasteiger partial charge in [-0.05, 0) is 37.6 Å². The molecule has 0 amide bonds. The Kier molecular flexibility index (Phi) is 4.46. The first kappa shape index (κ1) is 13.2. The van der Waals surface area contributed by atoms with Gasteiger partial charge in [0.25, 0.3) is 0 Å². The van der Waals surface area contributed by atoms with E-state index in [0.29, 0.717) is 6.04 Å². The summed E-state index contributed by atoms with van der Waals surface area (Å²) in [6.45, 7) is 5.08. The van der Waals surface area contributed by atoms with E-state index in [4.69, 9.17) is 5.14 Å². The van der Waals surface area contributed by atoms with Crippen molar-refractivity contribution in [3.8, 4) is 0 Å². The predicted octanol–water partition coefficient (Wildman–Crippen LogP) is 0.875. The van der Waals surface area contributed by atoms with E-state index in [1.807, 2.05) is 0 Å². The molecule has 5 heteroatoms. The molecule has 3 N–H and O–H groups in total. The Morgan fingerprint density at radius 1 is 1.31 bits per heavy atom. The number of hydrogen-bond donors (Lipinski definition) is 2. The molecule has 16 heavy (non-hydrogen) atoms. The van der Waals surface area contributed by atoms with Crippen LogP contribution in [0.3, 0.4) is 0 Å². The second-order valence-electron chi connectivity index (χ2n) is 3.85. The fraction of sp³-hybridized carbons (Fsp3) is 0.455. The number of nitrogens with one attached hydrogen (secondary N) is 1. The van der Waals surface area contributed by atoms with Gasteiger partial charge in [0.1, 0.15) is 0 Å². The molecule has 0 aromatic heterocycles. The Balaban J connectivity index is 2.72. The molecule has 1 aromatic rings. The van der Waals surface area contributed by atoms with Crippen molar-refractivity contribution >= 4 is 10.0 Å². The van der Waals surface area contributed by atoms with E-state index >= 15 is 0 Å². The van der Waals surface area contributed by atoms with Gasteiger partial charge in [0.05, 0.1) is 4.90 Å². The average molecular weight is 242 g/mol. The van der Waals surface area contributed by atoms with E-state index in [1.54, 1.807) is 24.3 Å². The quantitative estimate of drug-likeness (QED) is 0.805. The second-order valence-corrected chi connectivity index (χ2v) is 5.41. The number of benzene rings is 1. The molecule has 0 fully saturated rings. The van der Waals surface area contributed by atoms with Crippen LogP contribution >= 0.6 is 0 Å². The lowest BCUT2D eigenvalue weighted by molar-refractivity contribution is 0.565. The van der Waals surface area contributed by atoms with Crippen LogP contribution in [0.2, 0.25) is 0 Å². The predicted molar refractivity (Wildman–Crippen MR) is 64.7 cm³/mol. The summed E-state index contributed by atoms with van der Waals surface area (Å²) in [4.78, 5) is 0.160. The van der Waals surface area contributed by atoms with E-state index in [2.05, 4.69) is 19.2 Å². The maximum absolute atomic E-state index is 11.0. The first-order valence-corrected chi connectivity index (χ1v) is 6.83. The third-order valence-electron chi connectivity index (χ3n) is 2.35. The number of rotatable bonds is 5. The van der Waals surface area contributed by atoms with Crippen LogP contribution in [-0.4, -0.2) is 21.0 Å². The minimum atomic E-state index is -3.57. The third kappa shape index (κ3) is 3.92. The van der Waals surface area contributed by atoms with E-state index in [1.165, 1.54) is 0 Å². The monoisotopic (exact) mass is 242 g/mol. The van der Waals surface area contributed by atoms with Gasteiger partial charge in [-0.1, -0.05) is 19.1 Å². The Morgan fingerprint density at radius 2 is 1.88 bits per heavy atom. The normalized spacial score (nSPS) is 13.7. The van der Waals surface area contributed by atoms with Gasteiger partial charge in [-0.2, -0.15) is 0 Å². The molecule has 1 aromatic carbocycles. The highest BCUT2D eigenvalue weighted by atomic mass is 32.2. The van der Waals surface area contributed by atoms with Crippen molar-refractivity contribution in [2.45, 2.75) is 31.2 Å². The number of nitrogens with two attached hydrogens (primary N) is 1. The molecule has 1 unspecified atom stereocenters. The molecule has 4 nitrogen and oxygen atoms in total. The van der Waals surface area contributed by atoms with Crippen molar-refractivity contribution in [1.29, 1.82) is 0 Å². The van der Waals surface area contributed by atoms with Crippen LogP contribution in [0.25, 0.3) is 0 Å². The highest BCUT2D eigenvalue weighted by molar-refractivity contribution is 7.89. The van der Waals surface area contributed by atoms with Crippen molar-refractivity contribution < 1.29 is 8.42 Å². The molecule has 0 radical (unpaired) electrons. The minimum Gasteiger partial charge on any atom is -0.314 e. The van der Waals surface area contributed by atoms with Gasteiger partial charge in [0.15, 0.2) is 0 Å². The molecule has 0 heterocycles. The van der Waals surface area contributed by atoms with Crippen molar-refractivity contribution in [2.24, 2.45) is 5.14 Å². The molecule has 0 saturated heterocycles. The maximum atomic E-state index is 11.0. The molecule has 1 atom stereocenters. The first-order valence-electron chi connectivity index (χ1n) is 5.28. The summed E-state index contributed by atoms with van der Waals surface area (Å²) in [5.74, 6) is 0. The van der Waals surface area contributed by atoms with E-state index in [9.17, 15) is 8.42 Å². The highest BCUT2D eigenvalue weighted by Crippen LogP contribution is 2.10. The van der Waals surface area contributed by atoms with Crippen LogP contribution in [0, 0.1) is 0 Å². The Labute approximate surface area is 96.9 Å². The Morgan fingerprint density at radius 3 is 2.31 bits per heavy atom.